The molecule has 8 nitrogen and oxygen atoms in total. The number of carbonyl (C=O) groups is 1. The molecule has 1 aromatic carbocycles. The van der Waals surface area contributed by atoms with E-state index in [0.717, 1.165) is 17.9 Å². The number of furan rings is 1. The van der Waals surface area contributed by atoms with Crippen molar-refractivity contribution in [2.24, 2.45) is 0 Å². The third kappa shape index (κ3) is 5.03. The predicted octanol–water partition coefficient (Wildman–Crippen LogP) is 2.18. The van der Waals surface area contributed by atoms with E-state index in [0.29, 0.717) is 6.42 Å². The molecule has 10 heteroatoms. The number of hydrogen-bond donors (Lipinski definition) is 1. The highest BCUT2D eigenvalue weighted by atomic mass is 32.2. The molecule has 0 bridgehead atoms. The molecule has 0 saturated heterocycles. The molecule has 0 aliphatic carbocycles. The average molecular weight is 407 g/mol. The average Bonchev–Trinajstić information content (AvgIpc) is 3.32. The summed E-state index contributed by atoms with van der Waals surface area (Å²) >= 11 is 0. The summed E-state index contributed by atoms with van der Waals surface area (Å²) in [6.45, 7) is 1.80. The van der Waals surface area contributed by atoms with Crippen LogP contribution in [0.1, 0.15) is 29.2 Å². The summed E-state index contributed by atoms with van der Waals surface area (Å²) in [5, 5.41) is 6.34. The molecule has 148 valence electrons. The highest BCUT2D eigenvalue weighted by molar-refractivity contribution is 7.91. The Labute approximate surface area is 160 Å². The fourth-order valence-electron chi connectivity index (χ4n) is 2.50. The van der Waals surface area contributed by atoms with Crippen LogP contribution in [0.5, 0.6) is 0 Å². The monoisotopic (exact) mass is 407 g/mol. The highest BCUT2D eigenvalue weighted by Gasteiger charge is 2.20. The molecule has 3 aromatic rings. The third-order valence-corrected chi connectivity index (χ3v) is 5.63. The number of nitrogens with one attached hydrogen (secondary N) is 1. The Hall–Kier alpha value is -3.01. The number of carbonyl (C=O) groups excluding carboxylic acids is 1. The van der Waals surface area contributed by atoms with E-state index in [-0.39, 0.29) is 34.8 Å². The van der Waals surface area contributed by atoms with Crippen LogP contribution in [0.15, 0.2) is 56.5 Å². The summed E-state index contributed by atoms with van der Waals surface area (Å²) in [6, 6.07) is 7.87. The lowest BCUT2D eigenvalue weighted by Crippen LogP contribution is -2.34. The first kappa shape index (κ1) is 19.7. The van der Waals surface area contributed by atoms with Crippen LogP contribution in [0.4, 0.5) is 4.39 Å². The molecule has 0 saturated carbocycles. The van der Waals surface area contributed by atoms with Crippen molar-refractivity contribution in [1.29, 1.82) is 0 Å². The minimum absolute atomic E-state index is 0.00196. The van der Waals surface area contributed by atoms with E-state index in [1.165, 1.54) is 12.1 Å². The maximum absolute atomic E-state index is 12.9. The van der Waals surface area contributed by atoms with Gasteiger partial charge in [0, 0.05) is 18.9 Å². The number of halogens is 1. The maximum Gasteiger partial charge on any atom is 0.315 e. The number of nitrogens with zero attached hydrogens (tertiary/aromatic N) is 2. The van der Waals surface area contributed by atoms with Crippen molar-refractivity contribution in [1.82, 2.24) is 15.5 Å². The van der Waals surface area contributed by atoms with Crippen molar-refractivity contribution in [3.8, 4) is 0 Å². The maximum atomic E-state index is 12.9. The Morgan fingerprint density at radius 1 is 1.25 bits per heavy atom. The molecule has 0 radical (unpaired) electrons. The predicted molar refractivity (Wildman–Crippen MR) is 95.8 cm³/mol. The highest BCUT2D eigenvalue weighted by Crippen LogP contribution is 2.13. The second-order valence-electron chi connectivity index (χ2n) is 6.20. The molecule has 1 N–H and O–H groups in total. The van der Waals surface area contributed by atoms with Crippen LogP contribution >= 0.6 is 0 Å². The molecule has 0 spiro atoms. The van der Waals surface area contributed by atoms with E-state index in [2.05, 4.69) is 15.5 Å². The van der Waals surface area contributed by atoms with Crippen LogP contribution < -0.4 is 5.32 Å². The number of aryl methyl sites for hydroxylation is 1. The summed E-state index contributed by atoms with van der Waals surface area (Å²) in [5.41, 5.74) is 0. The van der Waals surface area contributed by atoms with Crippen LogP contribution in [-0.2, 0) is 22.7 Å². The number of benzene rings is 1. The van der Waals surface area contributed by atoms with E-state index < -0.39 is 21.6 Å². The molecular weight excluding hydrogens is 389 g/mol. The second kappa shape index (κ2) is 8.34. The zero-order valence-electron chi connectivity index (χ0n) is 15.0. The summed E-state index contributed by atoms with van der Waals surface area (Å²) in [5.74, 6) is -0.804. The van der Waals surface area contributed by atoms with Gasteiger partial charge in [0.05, 0.1) is 16.9 Å². The third-order valence-electron chi connectivity index (χ3n) is 3.89. The largest absolute Gasteiger partial charge is 0.469 e. The van der Waals surface area contributed by atoms with Crippen LogP contribution in [-0.4, -0.2) is 36.3 Å². The van der Waals surface area contributed by atoms with Gasteiger partial charge in [-0.25, -0.2) is 12.8 Å². The molecular formula is C18H18FN3O5S. The lowest BCUT2D eigenvalue weighted by molar-refractivity contribution is 0.0895. The first-order valence-electron chi connectivity index (χ1n) is 8.47. The molecule has 0 fully saturated rings. The van der Waals surface area contributed by atoms with Gasteiger partial charge >= 0.3 is 11.8 Å². The van der Waals surface area contributed by atoms with Gasteiger partial charge in [-0.15, -0.1) is 0 Å². The van der Waals surface area contributed by atoms with Gasteiger partial charge in [-0.1, -0.05) is 5.16 Å². The van der Waals surface area contributed by atoms with Crippen LogP contribution in [0.25, 0.3) is 0 Å². The van der Waals surface area contributed by atoms with E-state index in [4.69, 9.17) is 8.94 Å². The molecule has 2 heterocycles. The van der Waals surface area contributed by atoms with Crippen molar-refractivity contribution in [2.45, 2.75) is 30.7 Å². The molecule has 1 amide bonds. The standard InChI is InChI=1S/C18H18FN3O5S/c1-12(11-14-3-2-9-26-14)20-17(23)18-21-16(22-27-18)8-10-28(24,25)15-6-4-13(19)5-7-15/h2-7,9,12H,8,10-11H2,1H3,(H,20,23)/t12-/m1/s1. The van der Waals surface area contributed by atoms with Gasteiger partial charge in [0.25, 0.3) is 0 Å². The van der Waals surface area contributed by atoms with Gasteiger partial charge < -0.3 is 14.3 Å². The summed E-state index contributed by atoms with van der Waals surface area (Å²) in [7, 11) is -3.63. The Bertz CT molecular complexity index is 1030. The van der Waals surface area contributed by atoms with E-state index in [9.17, 15) is 17.6 Å². The lowest BCUT2D eigenvalue weighted by atomic mass is 10.2. The zero-order chi connectivity index (χ0) is 20.1. The molecule has 1 atom stereocenters. The summed E-state index contributed by atoms with van der Waals surface area (Å²) < 4.78 is 47.6. The van der Waals surface area contributed by atoms with E-state index >= 15 is 0 Å². The molecule has 0 unspecified atom stereocenters. The fraction of sp³-hybridized carbons (Fsp3) is 0.278. The van der Waals surface area contributed by atoms with E-state index in [1.54, 1.807) is 25.3 Å². The van der Waals surface area contributed by atoms with Crippen molar-refractivity contribution in [3.63, 3.8) is 0 Å². The van der Waals surface area contributed by atoms with Crippen molar-refractivity contribution < 1.29 is 26.5 Å². The Kier molecular flexibility index (Phi) is 5.88. The number of rotatable bonds is 8. The quantitative estimate of drug-likeness (QED) is 0.569. The molecule has 28 heavy (non-hydrogen) atoms. The lowest BCUT2D eigenvalue weighted by Gasteiger charge is -2.10. The SMILES string of the molecule is C[C@H](Cc1ccco1)NC(=O)c1nc(CCS(=O)(=O)c2ccc(F)cc2)no1. The number of amides is 1. The van der Waals surface area contributed by atoms with Gasteiger partial charge in [-0.05, 0) is 43.3 Å². The minimum atomic E-state index is -3.63. The van der Waals surface area contributed by atoms with Gasteiger partial charge in [-0.3, -0.25) is 4.79 Å². The Morgan fingerprint density at radius 3 is 2.68 bits per heavy atom. The van der Waals surface area contributed by atoms with Crippen molar-refractivity contribution in [3.05, 3.63) is 66.0 Å². The van der Waals surface area contributed by atoms with Gasteiger partial charge in [0.2, 0.25) is 0 Å². The van der Waals surface area contributed by atoms with Crippen LogP contribution in [0, 0.1) is 5.82 Å². The van der Waals surface area contributed by atoms with Crippen LogP contribution in [0.2, 0.25) is 0 Å². The molecule has 0 aliphatic rings. The molecule has 3 rings (SSSR count). The molecule has 2 aromatic heterocycles. The van der Waals surface area contributed by atoms with Gasteiger partial charge in [-0.2, -0.15) is 4.98 Å². The number of sulfone groups is 1. The number of hydrogen-bond acceptors (Lipinski definition) is 7. The molecule has 0 aliphatic heterocycles. The van der Waals surface area contributed by atoms with Crippen molar-refractivity contribution >= 4 is 15.7 Å². The summed E-state index contributed by atoms with van der Waals surface area (Å²) in [6.07, 6.45) is 2.00. The number of aromatic nitrogens is 2. The first-order chi connectivity index (χ1) is 13.3. The van der Waals surface area contributed by atoms with E-state index in [1.807, 2.05) is 0 Å². The minimum Gasteiger partial charge on any atom is -0.469 e. The first-order valence-corrected chi connectivity index (χ1v) is 10.1. The second-order valence-corrected chi connectivity index (χ2v) is 8.31. The topological polar surface area (TPSA) is 115 Å². The smallest absolute Gasteiger partial charge is 0.315 e. The summed E-state index contributed by atoms with van der Waals surface area (Å²) in [4.78, 5) is 16.1. The van der Waals surface area contributed by atoms with Crippen LogP contribution in [0.3, 0.4) is 0 Å². The Balaban J connectivity index is 1.56. The zero-order valence-corrected chi connectivity index (χ0v) is 15.8. The van der Waals surface area contributed by atoms with Crippen molar-refractivity contribution in [2.75, 3.05) is 5.75 Å². The van der Waals surface area contributed by atoms with Gasteiger partial charge in [0.15, 0.2) is 15.7 Å². The fourth-order valence-corrected chi connectivity index (χ4v) is 3.74. The Morgan fingerprint density at radius 2 is 2.00 bits per heavy atom. The normalized spacial score (nSPS) is 12.6. The van der Waals surface area contributed by atoms with Gasteiger partial charge in [0.1, 0.15) is 11.6 Å².